The maximum Gasteiger partial charge on any atom is 0.221 e. The molecule has 0 spiro atoms. The SMILES string of the molecule is COc1ccccc1CCNC(=O)CCN(Cc1ccccn1)S(C)(=O)=O. The topological polar surface area (TPSA) is 88.6 Å². The van der Waals surface area contributed by atoms with Crippen LogP contribution < -0.4 is 10.1 Å². The zero-order valence-corrected chi connectivity index (χ0v) is 16.4. The molecule has 0 aliphatic carbocycles. The minimum absolute atomic E-state index is 0.0891. The second-order valence-corrected chi connectivity index (χ2v) is 8.06. The lowest BCUT2D eigenvalue weighted by Crippen LogP contribution is -2.35. The molecule has 0 saturated heterocycles. The van der Waals surface area contributed by atoms with Crippen LogP contribution in [0.5, 0.6) is 5.75 Å². The van der Waals surface area contributed by atoms with Crippen molar-refractivity contribution in [3.05, 3.63) is 59.9 Å². The average molecular weight is 391 g/mol. The standard InChI is InChI=1S/C19H25N3O4S/c1-26-18-9-4-3-7-16(18)10-13-21-19(23)11-14-22(27(2,24)25)15-17-8-5-6-12-20-17/h3-9,12H,10-11,13-15H2,1-2H3,(H,21,23). The fourth-order valence-electron chi connectivity index (χ4n) is 2.60. The molecule has 1 aromatic heterocycles. The van der Waals surface area contributed by atoms with Crippen molar-refractivity contribution in [3.8, 4) is 5.75 Å². The van der Waals surface area contributed by atoms with Gasteiger partial charge in [0.1, 0.15) is 5.75 Å². The van der Waals surface area contributed by atoms with Crippen molar-refractivity contribution < 1.29 is 17.9 Å². The molecule has 0 aliphatic heterocycles. The van der Waals surface area contributed by atoms with E-state index in [0.29, 0.717) is 18.7 Å². The Morgan fingerprint density at radius 1 is 1.19 bits per heavy atom. The molecule has 0 radical (unpaired) electrons. The molecule has 1 amide bonds. The predicted molar refractivity (Wildman–Crippen MR) is 104 cm³/mol. The lowest BCUT2D eigenvalue weighted by molar-refractivity contribution is -0.121. The molecule has 0 bridgehead atoms. The van der Waals surface area contributed by atoms with Crippen LogP contribution in [0.15, 0.2) is 48.7 Å². The van der Waals surface area contributed by atoms with Crippen LogP contribution in [0.4, 0.5) is 0 Å². The van der Waals surface area contributed by atoms with Gasteiger partial charge in [0.25, 0.3) is 0 Å². The van der Waals surface area contributed by atoms with Crippen LogP contribution in [0.2, 0.25) is 0 Å². The monoisotopic (exact) mass is 391 g/mol. The minimum atomic E-state index is -3.43. The van der Waals surface area contributed by atoms with Crippen molar-refractivity contribution in [1.29, 1.82) is 0 Å². The zero-order chi connectivity index (χ0) is 19.7. The molecule has 0 aliphatic rings. The van der Waals surface area contributed by atoms with E-state index in [-0.39, 0.29) is 25.4 Å². The van der Waals surface area contributed by atoms with Crippen molar-refractivity contribution in [2.45, 2.75) is 19.4 Å². The van der Waals surface area contributed by atoms with Gasteiger partial charge in [-0.3, -0.25) is 9.78 Å². The van der Waals surface area contributed by atoms with Crippen molar-refractivity contribution in [2.75, 3.05) is 26.5 Å². The van der Waals surface area contributed by atoms with Gasteiger partial charge in [-0.05, 0) is 30.2 Å². The Bertz CT molecular complexity index is 841. The molecule has 0 unspecified atom stereocenters. The molecule has 1 N–H and O–H groups in total. The van der Waals surface area contributed by atoms with Crippen LogP contribution in [0.1, 0.15) is 17.7 Å². The van der Waals surface area contributed by atoms with Crippen molar-refractivity contribution in [1.82, 2.24) is 14.6 Å². The van der Waals surface area contributed by atoms with Crippen LogP contribution in [-0.2, 0) is 27.8 Å². The van der Waals surface area contributed by atoms with Gasteiger partial charge in [-0.2, -0.15) is 4.31 Å². The van der Waals surface area contributed by atoms with Crippen molar-refractivity contribution >= 4 is 15.9 Å². The van der Waals surface area contributed by atoms with E-state index >= 15 is 0 Å². The third-order valence-corrected chi connectivity index (χ3v) is 5.28. The molecule has 0 saturated carbocycles. The number of ether oxygens (including phenoxy) is 1. The van der Waals surface area contributed by atoms with E-state index in [4.69, 9.17) is 4.74 Å². The molecular formula is C19H25N3O4S. The minimum Gasteiger partial charge on any atom is -0.496 e. The van der Waals surface area contributed by atoms with E-state index in [1.54, 1.807) is 31.5 Å². The summed E-state index contributed by atoms with van der Waals surface area (Å²) < 4.78 is 30.5. The molecule has 0 atom stereocenters. The van der Waals surface area contributed by atoms with E-state index in [0.717, 1.165) is 17.6 Å². The molecule has 8 heteroatoms. The Labute approximate surface area is 160 Å². The quantitative estimate of drug-likeness (QED) is 0.665. The lowest BCUT2D eigenvalue weighted by Gasteiger charge is -2.19. The molecular weight excluding hydrogens is 366 g/mol. The van der Waals surface area contributed by atoms with Gasteiger partial charge in [-0.1, -0.05) is 24.3 Å². The van der Waals surface area contributed by atoms with Crippen molar-refractivity contribution in [3.63, 3.8) is 0 Å². The summed E-state index contributed by atoms with van der Waals surface area (Å²) in [6.07, 6.45) is 3.47. The molecule has 2 aromatic rings. The summed E-state index contributed by atoms with van der Waals surface area (Å²) in [7, 11) is -1.82. The van der Waals surface area contributed by atoms with Gasteiger partial charge in [0.2, 0.25) is 15.9 Å². The molecule has 1 heterocycles. The van der Waals surface area contributed by atoms with Crippen molar-refractivity contribution in [2.24, 2.45) is 0 Å². The smallest absolute Gasteiger partial charge is 0.221 e. The average Bonchev–Trinajstić information content (AvgIpc) is 2.65. The Morgan fingerprint density at radius 3 is 2.59 bits per heavy atom. The molecule has 1 aromatic carbocycles. The fourth-order valence-corrected chi connectivity index (χ4v) is 3.38. The Kier molecular flexibility index (Phi) is 7.75. The summed E-state index contributed by atoms with van der Waals surface area (Å²) >= 11 is 0. The van der Waals surface area contributed by atoms with Gasteiger partial charge in [0.15, 0.2) is 0 Å². The van der Waals surface area contributed by atoms with Gasteiger partial charge >= 0.3 is 0 Å². The first-order chi connectivity index (χ1) is 12.9. The van der Waals surface area contributed by atoms with E-state index < -0.39 is 10.0 Å². The third kappa shape index (κ3) is 6.99. The maximum absolute atomic E-state index is 12.1. The van der Waals surface area contributed by atoms with Gasteiger partial charge in [0.05, 0.1) is 25.6 Å². The summed E-state index contributed by atoms with van der Waals surface area (Å²) in [5, 5.41) is 2.82. The van der Waals surface area contributed by atoms with Gasteiger partial charge in [0, 0.05) is 25.7 Å². The molecule has 7 nitrogen and oxygen atoms in total. The predicted octanol–water partition coefficient (Wildman–Crippen LogP) is 1.60. The number of hydrogen-bond donors (Lipinski definition) is 1. The van der Waals surface area contributed by atoms with E-state index in [9.17, 15) is 13.2 Å². The number of carbonyl (C=O) groups is 1. The summed E-state index contributed by atoms with van der Waals surface area (Å²) in [4.78, 5) is 16.2. The highest BCUT2D eigenvalue weighted by molar-refractivity contribution is 7.88. The Morgan fingerprint density at radius 2 is 1.93 bits per heavy atom. The second kappa shape index (κ2) is 10.0. The number of amides is 1. The van der Waals surface area contributed by atoms with Crippen LogP contribution in [0.3, 0.4) is 0 Å². The first-order valence-electron chi connectivity index (χ1n) is 8.64. The van der Waals surface area contributed by atoms with Gasteiger partial charge in [-0.25, -0.2) is 8.42 Å². The molecule has 146 valence electrons. The molecule has 2 rings (SSSR count). The fraction of sp³-hybridized carbons (Fsp3) is 0.368. The van der Waals surface area contributed by atoms with E-state index in [2.05, 4.69) is 10.3 Å². The van der Waals surface area contributed by atoms with Crippen LogP contribution >= 0.6 is 0 Å². The van der Waals surface area contributed by atoms with Gasteiger partial charge < -0.3 is 10.1 Å². The van der Waals surface area contributed by atoms with Crippen LogP contribution in [-0.4, -0.2) is 50.1 Å². The molecule has 0 fully saturated rings. The number of carbonyl (C=O) groups excluding carboxylic acids is 1. The number of rotatable bonds is 10. The summed E-state index contributed by atoms with van der Waals surface area (Å²) in [6.45, 7) is 0.711. The van der Waals surface area contributed by atoms with Crippen LogP contribution in [0, 0.1) is 0 Å². The Hall–Kier alpha value is -2.45. The highest BCUT2D eigenvalue weighted by atomic mass is 32.2. The number of nitrogens with zero attached hydrogens (tertiary/aromatic N) is 2. The summed E-state index contributed by atoms with van der Waals surface area (Å²) in [6, 6.07) is 13.0. The lowest BCUT2D eigenvalue weighted by atomic mass is 10.1. The second-order valence-electron chi connectivity index (χ2n) is 6.08. The highest BCUT2D eigenvalue weighted by Gasteiger charge is 2.18. The first-order valence-corrected chi connectivity index (χ1v) is 10.5. The number of hydrogen-bond acceptors (Lipinski definition) is 5. The van der Waals surface area contributed by atoms with E-state index in [1.165, 1.54) is 4.31 Å². The number of methoxy groups -OCH3 is 1. The first kappa shape index (κ1) is 20.9. The van der Waals surface area contributed by atoms with Gasteiger partial charge in [-0.15, -0.1) is 0 Å². The number of para-hydroxylation sites is 1. The summed E-state index contributed by atoms with van der Waals surface area (Å²) in [5.74, 6) is 0.588. The number of aromatic nitrogens is 1. The zero-order valence-electron chi connectivity index (χ0n) is 15.6. The number of pyridine rings is 1. The number of nitrogens with one attached hydrogen (secondary N) is 1. The largest absolute Gasteiger partial charge is 0.496 e. The summed E-state index contributed by atoms with van der Waals surface area (Å²) in [5.41, 5.74) is 1.65. The molecule has 27 heavy (non-hydrogen) atoms. The van der Waals surface area contributed by atoms with E-state index in [1.807, 2.05) is 24.3 Å². The number of sulfonamides is 1. The normalized spacial score (nSPS) is 11.4. The van der Waals surface area contributed by atoms with Crippen LogP contribution in [0.25, 0.3) is 0 Å². The maximum atomic E-state index is 12.1. The Balaban J connectivity index is 1.83. The number of benzene rings is 1. The highest BCUT2D eigenvalue weighted by Crippen LogP contribution is 2.17. The third-order valence-electron chi connectivity index (χ3n) is 4.03.